The monoisotopic (exact) mass is 429 g/mol. The quantitative estimate of drug-likeness (QED) is 0.411. The first-order chi connectivity index (χ1) is 15.0. The summed E-state index contributed by atoms with van der Waals surface area (Å²) in [5.74, 6) is 2.45. The summed E-state index contributed by atoms with van der Waals surface area (Å²) in [5, 5.41) is 6.75. The Morgan fingerprint density at radius 3 is 2.61 bits per heavy atom. The molecule has 168 valence electrons. The number of nitrogens with two attached hydrogens (primary N) is 1. The van der Waals surface area contributed by atoms with E-state index in [0.29, 0.717) is 12.3 Å². The Balaban J connectivity index is 1.57. The summed E-state index contributed by atoms with van der Waals surface area (Å²) in [4.78, 5) is 18.1. The van der Waals surface area contributed by atoms with Gasteiger partial charge in [0.2, 0.25) is 0 Å². The molecular formula is C22H31N5O4. The molecule has 9 nitrogen and oxygen atoms in total. The topological polar surface area (TPSA) is 114 Å². The van der Waals surface area contributed by atoms with Gasteiger partial charge in [0.1, 0.15) is 23.8 Å². The van der Waals surface area contributed by atoms with E-state index in [0.717, 1.165) is 55.6 Å². The Kier molecular flexibility index (Phi) is 7.77. The maximum atomic E-state index is 11.2. The second kappa shape index (κ2) is 10.7. The standard InChI is InChI=1S/C22H31N5O4/c1-4-24-22(25-12-17-5-6-20(31-17)21(23)28)26-16-7-8-27(14-16)13-15-9-18(29-2)11-19(10-15)30-3/h5-6,9-11,16H,4,7-8,12-14H2,1-3H3,(H2,23,28)(H2,24,25,26). The molecule has 31 heavy (non-hydrogen) atoms. The van der Waals surface area contributed by atoms with Gasteiger partial charge in [0.25, 0.3) is 5.91 Å². The molecule has 1 aliphatic heterocycles. The number of carbonyl (C=O) groups is 1. The van der Waals surface area contributed by atoms with Crippen LogP contribution in [0.25, 0.3) is 0 Å². The van der Waals surface area contributed by atoms with Gasteiger partial charge in [-0.05, 0) is 43.2 Å². The molecule has 1 aromatic carbocycles. The second-order valence-electron chi connectivity index (χ2n) is 7.41. The largest absolute Gasteiger partial charge is 0.497 e. The number of ether oxygens (including phenoxy) is 2. The lowest BCUT2D eigenvalue weighted by molar-refractivity contribution is 0.0972. The van der Waals surface area contributed by atoms with Crippen molar-refractivity contribution in [3.05, 3.63) is 47.4 Å². The summed E-state index contributed by atoms with van der Waals surface area (Å²) in [5.41, 5.74) is 6.38. The lowest BCUT2D eigenvalue weighted by atomic mass is 10.2. The van der Waals surface area contributed by atoms with E-state index in [1.165, 1.54) is 0 Å². The predicted octanol–water partition coefficient (Wildman–Crippen LogP) is 1.73. The zero-order valence-electron chi connectivity index (χ0n) is 18.3. The molecule has 1 amide bonds. The molecule has 3 rings (SSSR count). The van der Waals surface area contributed by atoms with E-state index in [1.807, 2.05) is 25.1 Å². The Bertz CT molecular complexity index is 889. The SMILES string of the molecule is CCNC(=NCc1ccc(C(N)=O)o1)NC1CCN(Cc2cc(OC)cc(OC)c2)C1. The van der Waals surface area contributed by atoms with Crippen molar-refractivity contribution in [2.75, 3.05) is 33.9 Å². The third-order valence-electron chi connectivity index (χ3n) is 5.07. The number of benzene rings is 1. The predicted molar refractivity (Wildman–Crippen MR) is 118 cm³/mol. The van der Waals surface area contributed by atoms with Crippen LogP contribution < -0.4 is 25.8 Å². The number of furan rings is 1. The summed E-state index contributed by atoms with van der Waals surface area (Å²) >= 11 is 0. The number of nitrogens with zero attached hydrogens (tertiary/aromatic N) is 2. The minimum atomic E-state index is -0.583. The Morgan fingerprint density at radius 1 is 1.26 bits per heavy atom. The number of nitrogens with one attached hydrogen (secondary N) is 2. The fraction of sp³-hybridized carbons (Fsp3) is 0.455. The van der Waals surface area contributed by atoms with Crippen molar-refractivity contribution in [3.8, 4) is 11.5 Å². The lowest BCUT2D eigenvalue weighted by Gasteiger charge is -2.19. The van der Waals surface area contributed by atoms with Gasteiger partial charge in [-0.3, -0.25) is 9.69 Å². The molecule has 2 aromatic rings. The smallest absolute Gasteiger partial charge is 0.284 e. The average Bonchev–Trinajstić information content (AvgIpc) is 3.41. The zero-order valence-corrected chi connectivity index (χ0v) is 18.3. The van der Waals surface area contributed by atoms with Gasteiger partial charge in [0.05, 0.1) is 14.2 Å². The van der Waals surface area contributed by atoms with E-state index in [-0.39, 0.29) is 11.8 Å². The normalized spacial score (nSPS) is 16.9. The molecule has 0 saturated carbocycles. The molecule has 1 fully saturated rings. The van der Waals surface area contributed by atoms with Gasteiger partial charge in [0.15, 0.2) is 11.7 Å². The molecule has 1 saturated heterocycles. The van der Waals surface area contributed by atoms with Crippen LogP contribution in [0, 0.1) is 0 Å². The number of hydrogen-bond acceptors (Lipinski definition) is 6. The molecule has 1 aliphatic rings. The maximum absolute atomic E-state index is 11.2. The minimum absolute atomic E-state index is 0.142. The highest BCUT2D eigenvalue weighted by atomic mass is 16.5. The van der Waals surface area contributed by atoms with E-state index >= 15 is 0 Å². The van der Waals surface area contributed by atoms with Gasteiger partial charge >= 0.3 is 0 Å². The lowest BCUT2D eigenvalue weighted by Crippen LogP contribution is -2.44. The zero-order chi connectivity index (χ0) is 22.2. The summed E-state index contributed by atoms with van der Waals surface area (Å²) in [6.45, 7) is 5.79. The minimum Gasteiger partial charge on any atom is -0.497 e. The molecule has 1 atom stereocenters. The van der Waals surface area contributed by atoms with E-state index in [1.54, 1.807) is 26.4 Å². The number of methoxy groups -OCH3 is 2. The average molecular weight is 430 g/mol. The summed E-state index contributed by atoms with van der Waals surface area (Å²) in [6.07, 6.45) is 1.01. The molecule has 0 aliphatic carbocycles. The maximum Gasteiger partial charge on any atom is 0.284 e. The van der Waals surface area contributed by atoms with Crippen LogP contribution in [0.5, 0.6) is 11.5 Å². The van der Waals surface area contributed by atoms with Crippen molar-refractivity contribution in [2.24, 2.45) is 10.7 Å². The molecule has 9 heteroatoms. The van der Waals surface area contributed by atoms with Gasteiger partial charge < -0.3 is 30.3 Å². The highest BCUT2D eigenvalue weighted by Crippen LogP contribution is 2.24. The third kappa shape index (κ3) is 6.39. The van der Waals surface area contributed by atoms with Crippen molar-refractivity contribution in [2.45, 2.75) is 32.5 Å². The second-order valence-corrected chi connectivity index (χ2v) is 7.41. The van der Waals surface area contributed by atoms with Gasteiger partial charge in [-0.2, -0.15) is 0 Å². The summed E-state index contributed by atoms with van der Waals surface area (Å²) < 4.78 is 16.1. The fourth-order valence-corrected chi connectivity index (χ4v) is 3.58. The molecule has 0 bridgehead atoms. The summed E-state index contributed by atoms with van der Waals surface area (Å²) in [7, 11) is 3.32. The van der Waals surface area contributed by atoms with Gasteiger partial charge in [0, 0.05) is 38.3 Å². The summed E-state index contributed by atoms with van der Waals surface area (Å²) in [6, 6.07) is 9.52. The van der Waals surface area contributed by atoms with E-state index in [9.17, 15) is 4.79 Å². The Hall–Kier alpha value is -3.20. The van der Waals surface area contributed by atoms with Crippen molar-refractivity contribution < 1.29 is 18.7 Å². The van der Waals surface area contributed by atoms with Crippen LogP contribution in [0.15, 0.2) is 39.7 Å². The van der Waals surface area contributed by atoms with E-state index < -0.39 is 5.91 Å². The Morgan fingerprint density at radius 2 is 2.00 bits per heavy atom. The van der Waals surface area contributed by atoms with Crippen molar-refractivity contribution in [1.29, 1.82) is 0 Å². The van der Waals surface area contributed by atoms with Crippen LogP contribution in [-0.4, -0.2) is 56.7 Å². The van der Waals surface area contributed by atoms with E-state index in [4.69, 9.17) is 19.6 Å². The van der Waals surface area contributed by atoms with Gasteiger partial charge in [-0.15, -0.1) is 0 Å². The first-order valence-electron chi connectivity index (χ1n) is 10.4. The third-order valence-corrected chi connectivity index (χ3v) is 5.07. The van der Waals surface area contributed by atoms with Crippen LogP contribution in [0.1, 0.15) is 35.2 Å². The highest BCUT2D eigenvalue weighted by molar-refractivity contribution is 5.89. The highest BCUT2D eigenvalue weighted by Gasteiger charge is 2.23. The number of rotatable bonds is 9. The number of primary amides is 1. The first kappa shape index (κ1) is 22.5. The van der Waals surface area contributed by atoms with Gasteiger partial charge in [-0.1, -0.05) is 0 Å². The molecule has 1 unspecified atom stereocenters. The fourth-order valence-electron chi connectivity index (χ4n) is 3.58. The van der Waals surface area contributed by atoms with Crippen molar-refractivity contribution >= 4 is 11.9 Å². The van der Waals surface area contributed by atoms with Crippen molar-refractivity contribution in [3.63, 3.8) is 0 Å². The van der Waals surface area contributed by atoms with Crippen LogP contribution in [0.2, 0.25) is 0 Å². The number of aliphatic imine (C=N–C) groups is 1. The number of likely N-dealkylation sites (tertiary alicyclic amines) is 1. The molecular weight excluding hydrogens is 398 g/mol. The number of amides is 1. The molecule has 1 aromatic heterocycles. The first-order valence-corrected chi connectivity index (χ1v) is 10.4. The molecule has 0 spiro atoms. The van der Waals surface area contributed by atoms with Crippen LogP contribution in [0.4, 0.5) is 0 Å². The van der Waals surface area contributed by atoms with Gasteiger partial charge in [-0.25, -0.2) is 4.99 Å². The van der Waals surface area contributed by atoms with E-state index in [2.05, 4.69) is 20.5 Å². The molecule has 4 N–H and O–H groups in total. The number of hydrogen-bond donors (Lipinski definition) is 3. The van der Waals surface area contributed by atoms with Crippen LogP contribution >= 0.6 is 0 Å². The number of guanidine groups is 1. The van der Waals surface area contributed by atoms with Crippen molar-refractivity contribution in [1.82, 2.24) is 15.5 Å². The van der Waals surface area contributed by atoms with Crippen LogP contribution in [-0.2, 0) is 13.1 Å². The Labute approximate surface area is 182 Å². The number of carbonyl (C=O) groups excluding carboxylic acids is 1. The molecule has 2 heterocycles. The molecule has 0 radical (unpaired) electrons. The van der Waals surface area contributed by atoms with Crippen LogP contribution in [0.3, 0.4) is 0 Å².